The zero-order valence-electron chi connectivity index (χ0n) is 25.5. The molecule has 1 saturated heterocycles. The molecule has 1 aromatic heterocycles. The van der Waals surface area contributed by atoms with Crippen molar-refractivity contribution in [1.29, 1.82) is 0 Å². The maximum atomic E-state index is 13.6. The van der Waals surface area contributed by atoms with Crippen LogP contribution in [-0.4, -0.2) is 40.1 Å². The molecule has 1 aliphatic heterocycles. The number of nitrogens with zero attached hydrogens (tertiary/aromatic N) is 3. The molecule has 0 bridgehead atoms. The summed E-state index contributed by atoms with van der Waals surface area (Å²) in [5.41, 5.74) is 4.27. The molecule has 0 aliphatic carbocycles. The number of ketones is 1. The lowest BCUT2D eigenvalue weighted by Gasteiger charge is -2.22. The minimum atomic E-state index is -1.03. The molecule has 6 rings (SSSR count). The van der Waals surface area contributed by atoms with E-state index in [0.29, 0.717) is 39.1 Å². The first-order valence-corrected chi connectivity index (χ1v) is 16.4. The average molecular weight is 664 g/mol. The van der Waals surface area contributed by atoms with Crippen molar-refractivity contribution in [3.8, 4) is 5.75 Å². The Morgan fingerprint density at radius 3 is 2.30 bits per heavy atom. The Kier molecular flexibility index (Phi) is 9.46. The van der Waals surface area contributed by atoms with E-state index in [1.807, 2.05) is 61.5 Å². The first kappa shape index (κ1) is 31.7. The van der Waals surface area contributed by atoms with Crippen LogP contribution in [0.1, 0.15) is 44.2 Å². The summed E-state index contributed by atoms with van der Waals surface area (Å²) < 4.78 is 11.4. The minimum Gasteiger partial charge on any atom is -0.507 e. The molecule has 1 N–H and O–H groups in total. The van der Waals surface area contributed by atoms with E-state index in [2.05, 4.69) is 10.2 Å². The van der Waals surface area contributed by atoms with Crippen LogP contribution in [0.2, 0.25) is 0 Å². The van der Waals surface area contributed by atoms with E-state index in [1.54, 1.807) is 48.5 Å². The molecule has 1 atom stereocenters. The molecule has 0 radical (unpaired) electrons. The van der Waals surface area contributed by atoms with Gasteiger partial charge in [0.25, 0.3) is 5.78 Å². The van der Waals surface area contributed by atoms with Crippen LogP contribution in [0.25, 0.3) is 5.76 Å². The van der Waals surface area contributed by atoms with E-state index in [9.17, 15) is 19.5 Å². The lowest BCUT2D eigenvalue weighted by molar-refractivity contribution is -0.132. The quantitative estimate of drug-likeness (QED) is 0.0416. The van der Waals surface area contributed by atoms with Crippen LogP contribution < -0.4 is 9.64 Å². The fourth-order valence-corrected chi connectivity index (χ4v) is 7.00. The number of aryl methyl sites for hydroxylation is 1. The van der Waals surface area contributed by atoms with Gasteiger partial charge in [-0.3, -0.25) is 14.5 Å². The van der Waals surface area contributed by atoms with E-state index < -0.39 is 23.7 Å². The van der Waals surface area contributed by atoms with Crippen LogP contribution in [0.4, 0.5) is 5.13 Å². The van der Waals surface area contributed by atoms with Gasteiger partial charge >= 0.3 is 11.9 Å². The third-order valence-electron chi connectivity index (χ3n) is 7.51. The molecular formula is C36H29N3O6S2. The Hall–Kier alpha value is -5.26. The van der Waals surface area contributed by atoms with Gasteiger partial charge < -0.3 is 14.6 Å². The number of Topliss-reactive ketones (excluding diaryl/α,β-unsaturated/α-hetero) is 1. The van der Waals surface area contributed by atoms with E-state index in [-0.39, 0.29) is 16.5 Å². The Morgan fingerprint density at radius 1 is 0.894 bits per heavy atom. The van der Waals surface area contributed by atoms with Crippen molar-refractivity contribution in [2.45, 2.75) is 29.7 Å². The minimum absolute atomic E-state index is 0.108. The summed E-state index contributed by atoms with van der Waals surface area (Å²) >= 11 is 2.65. The number of amides is 1. The molecule has 9 nitrogen and oxygen atoms in total. The topological polar surface area (TPSA) is 119 Å². The number of carbonyl (C=O) groups excluding carboxylic acids is 3. The van der Waals surface area contributed by atoms with Gasteiger partial charge in [-0.1, -0.05) is 95.4 Å². The largest absolute Gasteiger partial charge is 0.507 e. The zero-order chi connectivity index (χ0) is 32.9. The number of rotatable bonds is 10. The average Bonchev–Trinajstić information content (AvgIpc) is 3.68. The number of aromatic nitrogens is 2. The van der Waals surface area contributed by atoms with E-state index >= 15 is 0 Å². The van der Waals surface area contributed by atoms with Crippen LogP contribution in [0.3, 0.4) is 0 Å². The molecule has 1 aliphatic rings. The van der Waals surface area contributed by atoms with Crippen molar-refractivity contribution in [1.82, 2.24) is 10.2 Å². The predicted octanol–water partition coefficient (Wildman–Crippen LogP) is 7.13. The summed E-state index contributed by atoms with van der Waals surface area (Å²) in [6.07, 6.45) is 0. The van der Waals surface area contributed by atoms with Crippen LogP contribution in [-0.2, 0) is 26.7 Å². The number of benzene rings is 4. The summed E-state index contributed by atoms with van der Waals surface area (Å²) in [6.45, 7) is 2.38. The molecule has 1 fully saturated rings. The van der Waals surface area contributed by atoms with Gasteiger partial charge in [-0.2, -0.15) is 0 Å². The van der Waals surface area contributed by atoms with Gasteiger partial charge in [0.15, 0.2) is 4.34 Å². The van der Waals surface area contributed by atoms with Gasteiger partial charge in [-0.15, -0.1) is 10.2 Å². The number of anilines is 1. The van der Waals surface area contributed by atoms with Crippen molar-refractivity contribution >= 4 is 51.6 Å². The number of ether oxygens (including phenoxy) is 2. The van der Waals surface area contributed by atoms with Crippen LogP contribution in [0, 0.1) is 6.92 Å². The fourth-order valence-electron chi connectivity index (χ4n) is 5.18. The number of carbonyl (C=O) groups is 3. The van der Waals surface area contributed by atoms with Crippen LogP contribution in [0.5, 0.6) is 5.75 Å². The number of esters is 1. The molecule has 5 aromatic rings. The van der Waals surface area contributed by atoms with Crippen LogP contribution >= 0.6 is 23.1 Å². The predicted molar refractivity (Wildman–Crippen MR) is 180 cm³/mol. The molecule has 47 heavy (non-hydrogen) atoms. The highest BCUT2D eigenvalue weighted by Crippen LogP contribution is 2.44. The van der Waals surface area contributed by atoms with E-state index in [0.717, 1.165) is 16.7 Å². The SMILES string of the molecule is COC(=O)c1ccc(C2/C(=C(\O)c3ccc(OCc4cccc(C)c4)cc3)C(=O)C(=O)N2c2nnc(SCc3ccccc3)s2)cc1. The van der Waals surface area contributed by atoms with Gasteiger partial charge in [0, 0.05) is 11.3 Å². The molecule has 236 valence electrons. The summed E-state index contributed by atoms with van der Waals surface area (Å²) in [5, 5.41) is 20.3. The highest BCUT2D eigenvalue weighted by molar-refractivity contribution is 8.00. The number of methoxy groups -OCH3 is 1. The molecule has 11 heteroatoms. The second-order valence-electron chi connectivity index (χ2n) is 10.7. The first-order chi connectivity index (χ1) is 22.8. The van der Waals surface area contributed by atoms with E-state index in [1.165, 1.54) is 35.1 Å². The maximum absolute atomic E-state index is 13.6. The second-order valence-corrected chi connectivity index (χ2v) is 12.9. The Bertz CT molecular complexity index is 1960. The molecule has 2 heterocycles. The van der Waals surface area contributed by atoms with Crippen molar-refractivity contribution in [3.05, 3.63) is 142 Å². The highest BCUT2D eigenvalue weighted by Gasteiger charge is 2.48. The number of thioether (sulfide) groups is 1. The third kappa shape index (κ3) is 6.96. The lowest BCUT2D eigenvalue weighted by atomic mass is 9.94. The number of aliphatic hydroxyl groups is 1. The van der Waals surface area contributed by atoms with Gasteiger partial charge in [-0.25, -0.2) is 4.79 Å². The van der Waals surface area contributed by atoms with Gasteiger partial charge in [-0.05, 0) is 60.0 Å². The standard InChI is InChI=1S/C36H29N3O6S2/c1-22-7-6-10-24(19-22)20-45-28-17-15-26(16-18-28)31(40)29-30(25-11-13-27(14-12-25)34(43)44-2)39(33(42)32(29)41)35-37-38-36(47-35)46-21-23-8-4-3-5-9-23/h3-19,30,40H,20-21H2,1-2H3/b31-29+. The van der Waals surface area contributed by atoms with Gasteiger partial charge in [0.1, 0.15) is 18.1 Å². The number of aliphatic hydroxyl groups excluding tert-OH is 1. The summed E-state index contributed by atoms with van der Waals surface area (Å²) in [6, 6.07) is 29.8. The Balaban J connectivity index is 1.32. The molecular weight excluding hydrogens is 635 g/mol. The lowest BCUT2D eigenvalue weighted by Crippen LogP contribution is -2.29. The fraction of sp³-hybridized carbons (Fsp3) is 0.139. The molecule has 4 aromatic carbocycles. The third-order valence-corrected chi connectivity index (χ3v) is 9.64. The van der Waals surface area contributed by atoms with E-state index in [4.69, 9.17) is 9.47 Å². The van der Waals surface area contributed by atoms with Crippen LogP contribution in [0.15, 0.2) is 113 Å². The van der Waals surface area contributed by atoms with Gasteiger partial charge in [0.2, 0.25) is 5.13 Å². The van der Waals surface area contributed by atoms with Gasteiger partial charge in [0.05, 0.1) is 24.3 Å². The number of hydrogen-bond donors (Lipinski definition) is 1. The van der Waals surface area contributed by atoms with Crippen molar-refractivity contribution in [3.63, 3.8) is 0 Å². The molecule has 1 amide bonds. The first-order valence-electron chi connectivity index (χ1n) is 14.6. The monoisotopic (exact) mass is 663 g/mol. The molecule has 0 saturated carbocycles. The van der Waals surface area contributed by atoms with Crippen molar-refractivity contribution in [2.75, 3.05) is 12.0 Å². The van der Waals surface area contributed by atoms with Crippen molar-refractivity contribution < 1.29 is 29.0 Å². The molecule has 1 unspecified atom stereocenters. The van der Waals surface area contributed by atoms with Crippen molar-refractivity contribution in [2.24, 2.45) is 0 Å². The Labute approximate surface area is 279 Å². The summed E-state index contributed by atoms with van der Waals surface area (Å²) in [4.78, 5) is 40.6. The smallest absolute Gasteiger partial charge is 0.337 e. The number of hydrogen-bond acceptors (Lipinski definition) is 10. The normalized spacial score (nSPS) is 15.5. The Morgan fingerprint density at radius 2 is 1.60 bits per heavy atom. The summed E-state index contributed by atoms with van der Waals surface area (Å²) in [7, 11) is 1.28. The highest BCUT2D eigenvalue weighted by atomic mass is 32.2. The molecule has 0 spiro atoms. The zero-order valence-corrected chi connectivity index (χ0v) is 27.1. The second kappa shape index (κ2) is 14.0. The maximum Gasteiger partial charge on any atom is 0.337 e. The summed E-state index contributed by atoms with van der Waals surface area (Å²) in [5.74, 6) is -1.36.